The molecule has 49 heavy (non-hydrogen) atoms. The minimum atomic E-state index is 0.587. The molecule has 7 aromatic carbocycles. The van der Waals surface area contributed by atoms with Crippen LogP contribution < -0.4 is 0 Å². The molecule has 0 fully saturated rings. The van der Waals surface area contributed by atoms with Crippen LogP contribution in [0.4, 0.5) is 0 Å². The molecule has 0 aliphatic carbocycles. The predicted octanol–water partition coefficient (Wildman–Crippen LogP) is 11.8. The molecule has 230 valence electrons. The minimum absolute atomic E-state index is 0.587. The van der Waals surface area contributed by atoms with Crippen LogP contribution in [-0.2, 0) is 0 Å². The summed E-state index contributed by atoms with van der Waals surface area (Å²) in [5.74, 6) is 1.82. The molecule has 0 radical (unpaired) electrons. The summed E-state index contributed by atoms with van der Waals surface area (Å²) in [6.45, 7) is 0. The van der Waals surface area contributed by atoms with Gasteiger partial charge in [-0.2, -0.15) is 0 Å². The van der Waals surface area contributed by atoms with Gasteiger partial charge >= 0.3 is 0 Å². The van der Waals surface area contributed by atoms with Crippen LogP contribution in [0.2, 0.25) is 0 Å². The zero-order chi connectivity index (χ0) is 32.6. The van der Waals surface area contributed by atoms with Crippen LogP contribution >= 0.6 is 0 Å². The highest BCUT2D eigenvalue weighted by Crippen LogP contribution is 2.41. The molecule has 0 unspecified atom stereocenters. The first kappa shape index (κ1) is 28.6. The molecule has 2 heterocycles. The lowest BCUT2D eigenvalue weighted by Gasteiger charge is -2.12. The molecule has 0 aliphatic heterocycles. The van der Waals surface area contributed by atoms with Crippen molar-refractivity contribution in [2.45, 2.75) is 0 Å². The Balaban J connectivity index is 1.21. The molecule has 0 aliphatic rings. The van der Waals surface area contributed by atoms with Crippen molar-refractivity contribution in [2.24, 2.45) is 0 Å². The number of nitrogens with zero attached hydrogens (tertiary/aromatic N) is 3. The standard InChI is InChI=1S/C45H29N3O/c1-4-15-30(16-5-1)34-21-10-12-23-36(34)37-25-14-26-40-42(37)39-28-27-33(29-41(39)49-40)44-46-43(32-19-8-3-9-20-32)47-45(48-44)38-24-13-11-22-35(38)31-17-6-2-7-18-31/h1-29H. The second-order valence-corrected chi connectivity index (χ2v) is 12.0. The number of rotatable bonds is 6. The fourth-order valence-electron chi connectivity index (χ4n) is 6.67. The maximum atomic E-state index is 6.56. The van der Waals surface area contributed by atoms with Crippen molar-refractivity contribution < 1.29 is 4.42 Å². The predicted molar refractivity (Wildman–Crippen MR) is 200 cm³/mol. The Labute approximate surface area is 284 Å². The lowest BCUT2D eigenvalue weighted by atomic mass is 9.92. The van der Waals surface area contributed by atoms with E-state index >= 15 is 0 Å². The van der Waals surface area contributed by atoms with Gasteiger partial charge in [-0.1, -0.05) is 158 Å². The zero-order valence-electron chi connectivity index (χ0n) is 26.5. The monoisotopic (exact) mass is 627 g/mol. The minimum Gasteiger partial charge on any atom is -0.456 e. The normalized spacial score (nSPS) is 11.3. The summed E-state index contributed by atoms with van der Waals surface area (Å²) in [7, 11) is 0. The van der Waals surface area contributed by atoms with Gasteiger partial charge in [-0.3, -0.25) is 0 Å². The Hall–Kier alpha value is -6.65. The maximum absolute atomic E-state index is 6.56. The highest BCUT2D eigenvalue weighted by Gasteiger charge is 2.19. The molecule has 4 nitrogen and oxygen atoms in total. The van der Waals surface area contributed by atoms with Gasteiger partial charge in [0, 0.05) is 27.5 Å². The Bertz CT molecular complexity index is 2590. The second-order valence-electron chi connectivity index (χ2n) is 12.0. The summed E-state index contributed by atoms with van der Waals surface area (Å²) in [6, 6.07) is 60.4. The van der Waals surface area contributed by atoms with Crippen molar-refractivity contribution in [2.75, 3.05) is 0 Å². The Morgan fingerprint density at radius 3 is 1.45 bits per heavy atom. The van der Waals surface area contributed by atoms with Crippen LogP contribution in [0.25, 0.3) is 89.5 Å². The topological polar surface area (TPSA) is 51.8 Å². The lowest BCUT2D eigenvalue weighted by Crippen LogP contribution is -2.01. The third kappa shape index (κ3) is 5.26. The van der Waals surface area contributed by atoms with Crippen LogP contribution in [0, 0.1) is 0 Å². The molecule has 0 N–H and O–H groups in total. The fourth-order valence-corrected chi connectivity index (χ4v) is 6.67. The second kappa shape index (κ2) is 12.2. The quantitative estimate of drug-likeness (QED) is 0.184. The number of hydrogen-bond acceptors (Lipinski definition) is 4. The summed E-state index contributed by atoms with van der Waals surface area (Å²) < 4.78 is 6.56. The van der Waals surface area contributed by atoms with Crippen LogP contribution in [0.1, 0.15) is 0 Å². The molecule has 9 aromatic rings. The maximum Gasteiger partial charge on any atom is 0.164 e. The average Bonchev–Trinajstić information content (AvgIpc) is 3.57. The van der Waals surface area contributed by atoms with Crippen LogP contribution in [-0.4, -0.2) is 15.0 Å². The van der Waals surface area contributed by atoms with Crippen molar-refractivity contribution in [3.05, 3.63) is 176 Å². The van der Waals surface area contributed by atoms with Crippen molar-refractivity contribution in [1.29, 1.82) is 0 Å². The van der Waals surface area contributed by atoms with Gasteiger partial charge in [-0.15, -0.1) is 0 Å². The molecule has 0 saturated heterocycles. The Morgan fingerprint density at radius 1 is 0.306 bits per heavy atom. The number of fused-ring (bicyclic) bond motifs is 3. The van der Waals surface area contributed by atoms with E-state index in [9.17, 15) is 0 Å². The molecule has 0 saturated carbocycles. The van der Waals surface area contributed by atoms with E-state index in [-0.39, 0.29) is 0 Å². The largest absolute Gasteiger partial charge is 0.456 e. The van der Waals surface area contributed by atoms with E-state index in [0.717, 1.165) is 60.9 Å². The van der Waals surface area contributed by atoms with E-state index < -0.39 is 0 Å². The molecule has 0 spiro atoms. The van der Waals surface area contributed by atoms with Crippen molar-refractivity contribution >= 4 is 21.9 Å². The fraction of sp³-hybridized carbons (Fsp3) is 0. The van der Waals surface area contributed by atoms with Gasteiger partial charge in [0.2, 0.25) is 0 Å². The number of aromatic nitrogens is 3. The summed E-state index contributed by atoms with van der Waals surface area (Å²) in [5, 5.41) is 2.13. The SMILES string of the molecule is c1ccc(-c2nc(-c3ccc4c(c3)oc3cccc(-c5ccccc5-c5ccccc5)c34)nc(-c3ccccc3-c3ccccc3)n2)cc1. The molecule has 2 aromatic heterocycles. The van der Waals surface area contributed by atoms with Crippen molar-refractivity contribution in [1.82, 2.24) is 15.0 Å². The first-order valence-corrected chi connectivity index (χ1v) is 16.4. The third-order valence-electron chi connectivity index (χ3n) is 8.98. The van der Waals surface area contributed by atoms with E-state index in [1.807, 2.05) is 60.7 Å². The molecular weight excluding hydrogens is 599 g/mol. The first-order chi connectivity index (χ1) is 24.3. The number of furan rings is 1. The number of hydrogen-bond donors (Lipinski definition) is 0. The molecule has 0 atom stereocenters. The molecular formula is C45H29N3O. The van der Waals surface area contributed by atoms with Crippen LogP contribution in [0.3, 0.4) is 0 Å². The van der Waals surface area contributed by atoms with Crippen LogP contribution in [0.5, 0.6) is 0 Å². The van der Waals surface area contributed by atoms with Gasteiger partial charge in [0.25, 0.3) is 0 Å². The molecule has 4 heteroatoms. The first-order valence-electron chi connectivity index (χ1n) is 16.4. The Kier molecular flexibility index (Phi) is 7.10. The molecule has 0 amide bonds. The van der Waals surface area contributed by atoms with Gasteiger partial charge in [0.05, 0.1) is 0 Å². The summed E-state index contributed by atoms with van der Waals surface area (Å²) in [6.07, 6.45) is 0. The average molecular weight is 628 g/mol. The summed E-state index contributed by atoms with van der Waals surface area (Å²) >= 11 is 0. The van der Waals surface area contributed by atoms with Gasteiger partial charge < -0.3 is 4.42 Å². The van der Waals surface area contributed by atoms with E-state index in [4.69, 9.17) is 19.4 Å². The van der Waals surface area contributed by atoms with E-state index in [1.165, 1.54) is 11.1 Å². The smallest absolute Gasteiger partial charge is 0.164 e. The van der Waals surface area contributed by atoms with E-state index in [1.54, 1.807) is 0 Å². The highest BCUT2D eigenvalue weighted by atomic mass is 16.3. The van der Waals surface area contributed by atoms with E-state index in [2.05, 4.69) is 115 Å². The molecule has 0 bridgehead atoms. The zero-order valence-corrected chi connectivity index (χ0v) is 26.5. The van der Waals surface area contributed by atoms with Gasteiger partial charge in [-0.05, 0) is 51.6 Å². The summed E-state index contributed by atoms with van der Waals surface area (Å²) in [5.41, 5.74) is 11.2. The van der Waals surface area contributed by atoms with Gasteiger partial charge in [0.1, 0.15) is 11.2 Å². The van der Waals surface area contributed by atoms with Crippen LogP contribution in [0.15, 0.2) is 180 Å². The number of benzene rings is 7. The summed E-state index contributed by atoms with van der Waals surface area (Å²) in [4.78, 5) is 15.1. The third-order valence-corrected chi connectivity index (χ3v) is 8.98. The lowest BCUT2D eigenvalue weighted by molar-refractivity contribution is 0.669. The van der Waals surface area contributed by atoms with Crippen molar-refractivity contribution in [3.8, 4) is 67.5 Å². The molecule has 9 rings (SSSR count). The van der Waals surface area contributed by atoms with Gasteiger partial charge in [0.15, 0.2) is 17.5 Å². The van der Waals surface area contributed by atoms with Crippen molar-refractivity contribution in [3.63, 3.8) is 0 Å². The van der Waals surface area contributed by atoms with Gasteiger partial charge in [-0.25, -0.2) is 15.0 Å². The van der Waals surface area contributed by atoms with E-state index in [0.29, 0.717) is 17.5 Å². The highest BCUT2D eigenvalue weighted by molar-refractivity contribution is 6.14. The Morgan fingerprint density at radius 2 is 0.796 bits per heavy atom.